The summed E-state index contributed by atoms with van der Waals surface area (Å²) in [5.74, 6) is 1.26. The number of nitrogens with zero attached hydrogens (tertiary/aromatic N) is 1. The van der Waals surface area contributed by atoms with Crippen LogP contribution in [0.3, 0.4) is 0 Å². The van der Waals surface area contributed by atoms with E-state index in [1.807, 2.05) is 26.0 Å². The maximum atomic E-state index is 11.8. The molecular formula is C27H28N2O6. The van der Waals surface area contributed by atoms with Crippen LogP contribution in [0.15, 0.2) is 28.8 Å². The summed E-state index contributed by atoms with van der Waals surface area (Å²) in [5, 5.41) is 14.8. The molecule has 8 nitrogen and oxygen atoms in total. The van der Waals surface area contributed by atoms with Crippen molar-refractivity contribution in [1.29, 1.82) is 0 Å². The quantitative estimate of drug-likeness (QED) is 0.380. The number of benzene rings is 2. The molecule has 0 spiro atoms. The number of methoxy groups -OCH3 is 1. The number of fused-ring (bicyclic) bond motifs is 2. The molecule has 1 aliphatic rings. The van der Waals surface area contributed by atoms with Crippen LogP contribution in [0.1, 0.15) is 52.0 Å². The van der Waals surface area contributed by atoms with Gasteiger partial charge >= 0.3 is 5.97 Å². The molecule has 0 radical (unpaired) electrons. The monoisotopic (exact) mass is 476 g/mol. The van der Waals surface area contributed by atoms with Gasteiger partial charge in [0.2, 0.25) is 0 Å². The Bertz CT molecular complexity index is 1410. The molecule has 35 heavy (non-hydrogen) atoms. The largest absolute Gasteiger partial charge is 0.496 e. The van der Waals surface area contributed by atoms with Crippen LogP contribution >= 0.6 is 0 Å². The van der Waals surface area contributed by atoms with E-state index in [-0.39, 0.29) is 5.56 Å². The zero-order chi connectivity index (χ0) is 24.7. The Hall–Kier alpha value is -3.94. The number of carbonyl (C=O) groups is 1. The van der Waals surface area contributed by atoms with Crippen molar-refractivity contribution in [2.24, 2.45) is 0 Å². The molecule has 0 amide bonds. The maximum Gasteiger partial charge on any atom is 0.339 e. The fraction of sp³-hybridized carbons (Fsp3) is 0.333. The molecule has 0 saturated heterocycles. The van der Waals surface area contributed by atoms with Crippen molar-refractivity contribution in [2.75, 3.05) is 20.3 Å². The second kappa shape index (κ2) is 9.02. The third kappa shape index (κ3) is 3.88. The topological polar surface area (TPSA) is 107 Å². The standard InChI is InChI=1S/C27H28N2O6/c1-5-21-18(11-16-7-8-17(27(30)31)26-25(16)33-9-6-10-34-26)19-13-23(32-4)20(12-22(19)28-21)24-14(2)29-35-15(24)3/h7-8,12-13,28H,5-6,9-11H2,1-4H3,(H,30,31). The number of aromatic carboxylic acids is 1. The molecule has 1 aliphatic heterocycles. The number of carboxylic acid groups (broad SMARTS) is 1. The molecule has 0 unspecified atom stereocenters. The highest BCUT2D eigenvalue weighted by Gasteiger charge is 2.25. The summed E-state index contributed by atoms with van der Waals surface area (Å²) in [6, 6.07) is 7.55. The molecule has 2 N–H and O–H groups in total. The van der Waals surface area contributed by atoms with E-state index in [9.17, 15) is 9.90 Å². The van der Waals surface area contributed by atoms with Gasteiger partial charge in [-0.15, -0.1) is 0 Å². The van der Waals surface area contributed by atoms with Crippen molar-refractivity contribution in [3.05, 3.63) is 58.1 Å². The third-order valence-corrected chi connectivity index (χ3v) is 6.54. The first-order chi connectivity index (χ1) is 16.9. The van der Waals surface area contributed by atoms with Crippen molar-refractivity contribution in [2.45, 2.75) is 40.0 Å². The average molecular weight is 477 g/mol. The summed E-state index contributed by atoms with van der Waals surface area (Å²) in [6.45, 7) is 6.82. The molecule has 3 heterocycles. The first-order valence-electron chi connectivity index (χ1n) is 11.7. The molecule has 0 atom stereocenters. The fourth-order valence-electron chi connectivity index (χ4n) is 4.88. The van der Waals surface area contributed by atoms with Crippen molar-refractivity contribution in [1.82, 2.24) is 10.1 Å². The minimum absolute atomic E-state index is 0.117. The van der Waals surface area contributed by atoms with Crippen LogP contribution in [0, 0.1) is 13.8 Å². The molecular weight excluding hydrogens is 448 g/mol. The lowest BCUT2D eigenvalue weighted by molar-refractivity contribution is 0.0692. The van der Waals surface area contributed by atoms with Crippen LogP contribution in [0.5, 0.6) is 17.2 Å². The summed E-state index contributed by atoms with van der Waals surface area (Å²) in [7, 11) is 1.66. The Morgan fingerprint density at radius 2 is 1.94 bits per heavy atom. The average Bonchev–Trinajstić information content (AvgIpc) is 3.23. The van der Waals surface area contributed by atoms with Gasteiger partial charge in [-0.1, -0.05) is 18.1 Å². The summed E-state index contributed by atoms with van der Waals surface area (Å²) in [6.07, 6.45) is 2.06. The molecule has 4 aromatic rings. The van der Waals surface area contributed by atoms with Crippen molar-refractivity contribution in [3.63, 3.8) is 0 Å². The summed E-state index contributed by atoms with van der Waals surface area (Å²) in [4.78, 5) is 15.3. The molecule has 0 saturated carbocycles. The van der Waals surface area contributed by atoms with Gasteiger partial charge in [-0.3, -0.25) is 0 Å². The highest BCUT2D eigenvalue weighted by Crippen LogP contribution is 2.42. The van der Waals surface area contributed by atoms with Crippen LogP contribution in [0.2, 0.25) is 0 Å². The van der Waals surface area contributed by atoms with E-state index >= 15 is 0 Å². The smallest absolute Gasteiger partial charge is 0.339 e. The molecule has 0 fully saturated rings. The number of ether oxygens (including phenoxy) is 3. The van der Waals surface area contributed by atoms with E-state index in [1.165, 1.54) is 0 Å². The lowest BCUT2D eigenvalue weighted by Gasteiger charge is -2.15. The molecule has 8 heteroatoms. The zero-order valence-corrected chi connectivity index (χ0v) is 20.3. The third-order valence-electron chi connectivity index (χ3n) is 6.54. The highest BCUT2D eigenvalue weighted by molar-refractivity contribution is 5.94. The Labute approximate surface area is 202 Å². The second-order valence-corrected chi connectivity index (χ2v) is 8.70. The van der Waals surface area contributed by atoms with Gasteiger partial charge in [-0.2, -0.15) is 0 Å². The normalized spacial score (nSPS) is 13.1. The molecule has 182 valence electrons. The minimum atomic E-state index is -1.03. The number of aromatic amines is 1. The molecule has 2 aromatic carbocycles. The lowest BCUT2D eigenvalue weighted by atomic mass is 9.96. The van der Waals surface area contributed by atoms with Crippen LogP contribution in [0.4, 0.5) is 0 Å². The SMILES string of the molecule is CCc1[nH]c2cc(-c3c(C)noc3C)c(OC)cc2c1Cc1ccc(C(=O)O)c2c1OCCCO2. The van der Waals surface area contributed by atoms with E-state index in [4.69, 9.17) is 18.7 Å². The first-order valence-corrected chi connectivity index (χ1v) is 11.7. The van der Waals surface area contributed by atoms with Gasteiger partial charge in [0.1, 0.15) is 17.1 Å². The number of aromatic nitrogens is 2. The van der Waals surface area contributed by atoms with E-state index in [2.05, 4.69) is 23.1 Å². The van der Waals surface area contributed by atoms with E-state index in [1.54, 1.807) is 13.2 Å². The summed E-state index contributed by atoms with van der Waals surface area (Å²) >= 11 is 0. The Balaban J connectivity index is 1.66. The number of hydrogen-bond acceptors (Lipinski definition) is 6. The Kier molecular flexibility index (Phi) is 5.88. The van der Waals surface area contributed by atoms with Crippen molar-refractivity contribution < 1.29 is 28.6 Å². The van der Waals surface area contributed by atoms with E-state index in [0.717, 1.165) is 62.5 Å². The Morgan fingerprint density at radius 1 is 1.17 bits per heavy atom. The predicted octanol–water partition coefficient (Wildman–Crippen LogP) is 5.46. The minimum Gasteiger partial charge on any atom is -0.496 e. The van der Waals surface area contributed by atoms with E-state index < -0.39 is 5.97 Å². The van der Waals surface area contributed by atoms with Gasteiger partial charge in [-0.25, -0.2) is 4.79 Å². The lowest BCUT2D eigenvalue weighted by Crippen LogP contribution is -2.05. The zero-order valence-electron chi connectivity index (χ0n) is 20.3. The van der Waals surface area contributed by atoms with Gasteiger partial charge in [0, 0.05) is 40.6 Å². The predicted molar refractivity (Wildman–Crippen MR) is 131 cm³/mol. The van der Waals surface area contributed by atoms with Gasteiger partial charge in [0.05, 0.1) is 31.6 Å². The molecule has 5 rings (SSSR count). The number of hydrogen-bond donors (Lipinski definition) is 2. The van der Waals surface area contributed by atoms with Crippen molar-refractivity contribution >= 4 is 16.9 Å². The number of aryl methyl sites for hydroxylation is 3. The van der Waals surface area contributed by atoms with Gasteiger partial charge in [-0.05, 0) is 44.0 Å². The van der Waals surface area contributed by atoms with Gasteiger partial charge < -0.3 is 28.8 Å². The Morgan fingerprint density at radius 3 is 2.60 bits per heavy atom. The maximum absolute atomic E-state index is 11.8. The number of carboxylic acids is 1. The second-order valence-electron chi connectivity index (χ2n) is 8.70. The highest BCUT2D eigenvalue weighted by atomic mass is 16.5. The number of H-pyrrole nitrogens is 1. The van der Waals surface area contributed by atoms with Crippen LogP contribution in [-0.2, 0) is 12.8 Å². The van der Waals surface area contributed by atoms with Crippen molar-refractivity contribution in [3.8, 4) is 28.4 Å². The van der Waals surface area contributed by atoms with Gasteiger partial charge in [0.25, 0.3) is 0 Å². The first kappa shape index (κ1) is 22.8. The fourth-order valence-corrected chi connectivity index (χ4v) is 4.88. The molecule has 0 aliphatic carbocycles. The van der Waals surface area contributed by atoms with Crippen LogP contribution < -0.4 is 14.2 Å². The number of rotatable bonds is 6. The molecule has 0 bridgehead atoms. The summed E-state index contributed by atoms with van der Waals surface area (Å²) < 4.78 is 23.0. The summed E-state index contributed by atoms with van der Waals surface area (Å²) in [5.41, 5.74) is 6.86. The van der Waals surface area contributed by atoms with Crippen LogP contribution in [0.25, 0.3) is 22.0 Å². The van der Waals surface area contributed by atoms with Crippen LogP contribution in [-0.4, -0.2) is 41.5 Å². The number of nitrogens with one attached hydrogen (secondary N) is 1. The van der Waals surface area contributed by atoms with E-state index in [0.29, 0.717) is 37.6 Å². The molecule has 2 aromatic heterocycles. The van der Waals surface area contributed by atoms with Gasteiger partial charge in [0.15, 0.2) is 11.5 Å².